The van der Waals surface area contributed by atoms with Crippen LogP contribution in [0, 0.1) is 5.92 Å². The lowest BCUT2D eigenvalue weighted by Gasteiger charge is -2.33. The SMILES string of the molecule is CC(C)C[C@H](N[C@H](C)C(=O)N1CC(=O)Nc2ccccc21)c1ccccc1. The van der Waals surface area contributed by atoms with Crippen molar-refractivity contribution in [2.24, 2.45) is 5.92 Å². The number of nitrogens with zero attached hydrogens (tertiary/aromatic N) is 1. The number of para-hydroxylation sites is 2. The highest BCUT2D eigenvalue weighted by molar-refractivity contribution is 6.11. The fraction of sp³-hybridized carbons (Fsp3) is 0.364. The van der Waals surface area contributed by atoms with Gasteiger partial charge in [-0.3, -0.25) is 19.8 Å². The molecule has 0 aromatic heterocycles. The standard InChI is InChI=1S/C22H27N3O2/c1-15(2)13-19(17-9-5-4-6-10-17)23-16(3)22(27)25-14-21(26)24-18-11-7-8-12-20(18)25/h4-12,15-16,19,23H,13-14H2,1-3H3,(H,24,26)/t16-,19+/m1/s1. The first-order chi connectivity index (χ1) is 13.0. The van der Waals surface area contributed by atoms with Crippen LogP contribution in [0.25, 0.3) is 0 Å². The molecule has 142 valence electrons. The fourth-order valence-corrected chi connectivity index (χ4v) is 3.49. The molecule has 0 spiro atoms. The molecular weight excluding hydrogens is 338 g/mol. The molecule has 0 bridgehead atoms. The van der Waals surface area contributed by atoms with Crippen molar-refractivity contribution in [3.05, 3.63) is 60.2 Å². The summed E-state index contributed by atoms with van der Waals surface area (Å²) in [5.74, 6) is 0.226. The molecule has 0 aliphatic carbocycles. The maximum absolute atomic E-state index is 13.1. The van der Waals surface area contributed by atoms with Gasteiger partial charge in [0.1, 0.15) is 6.54 Å². The first kappa shape index (κ1) is 19.1. The summed E-state index contributed by atoms with van der Waals surface area (Å²) < 4.78 is 0. The van der Waals surface area contributed by atoms with E-state index in [4.69, 9.17) is 0 Å². The normalized spacial score (nSPS) is 15.9. The number of carbonyl (C=O) groups excluding carboxylic acids is 2. The number of nitrogens with one attached hydrogen (secondary N) is 2. The molecule has 27 heavy (non-hydrogen) atoms. The maximum atomic E-state index is 13.1. The smallest absolute Gasteiger partial charge is 0.244 e. The van der Waals surface area contributed by atoms with E-state index in [-0.39, 0.29) is 24.4 Å². The molecule has 2 atom stereocenters. The molecule has 0 unspecified atom stereocenters. The van der Waals surface area contributed by atoms with E-state index < -0.39 is 6.04 Å². The Morgan fingerprint density at radius 2 is 1.74 bits per heavy atom. The molecule has 2 amide bonds. The Hall–Kier alpha value is -2.66. The zero-order chi connectivity index (χ0) is 19.4. The van der Waals surface area contributed by atoms with Crippen molar-refractivity contribution in [1.82, 2.24) is 5.32 Å². The molecule has 0 fully saturated rings. The molecule has 1 aliphatic heterocycles. The summed E-state index contributed by atoms with van der Waals surface area (Å²) in [7, 11) is 0. The minimum absolute atomic E-state index is 0.0437. The monoisotopic (exact) mass is 365 g/mol. The van der Waals surface area contributed by atoms with Gasteiger partial charge in [-0.1, -0.05) is 56.3 Å². The van der Waals surface area contributed by atoms with E-state index in [0.29, 0.717) is 11.6 Å². The third-order valence-electron chi connectivity index (χ3n) is 4.77. The Labute approximate surface area is 160 Å². The maximum Gasteiger partial charge on any atom is 0.244 e. The van der Waals surface area contributed by atoms with Crippen molar-refractivity contribution in [1.29, 1.82) is 0 Å². The highest BCUT2D eigenvalue weighted by Gasteiger charge is 2.30. The van der Waals surface area contributed by atoms with Crippen molar-refractivity contribution in [2.45, 2.75) is 39.3 Å². The summed E-state index contributed by atoms with van der Waals surface area (Å²) in [5, 5.41) is 6.31. The van der Waals surface area contributed by atoms with E-state index in [0.717, 1.165) is 12.1 Å². The van der Waals surface area contributed by atoms with Gasteiger partial charge in [0.15, 0.2) is 0 Å². The van der Waals surface area contributed by atoms with E-state index in [9.17, 15) is 9.59 Å². The number of hydrogen-bond acceptors (Lipinski definition) is 3. The Morgan fingerprint density at radius 1 is 1.07 bits per heavy atom. The minimum Gasteiger partial charge on any atom is -0.323 e. The van der Waals surface area contributed by atoms with Crippen molar-refractivity contribution < 1.29 is 9.59 Å². The van der Waals surface area contributed by atoms with Crippen LogP contribution in [-0.4, -0.2) is 24.4 Å². The van der Waals surface area contributed by atoms with Crippen LogP contribution in [0.1, 0.15) is 38.8 Å². The summed E-state index contributed by atoms with van der Waals surface area (Å²) in [6.45, 7) is 6.26. The minimum atomic E-state index is -0.409. The third-order valence-corrected chi connectivity index (χ3v) is 4.77. The summed E-state index contributed by atoms with van der Waals surface area (Å²) in [5.41, 5.74) is 2.59. The molecule has 1 aliphatic rings. The van der Waals surface area contributed by atoms with Crippen LogP contribution in [-0.2, 0) is 9.59 Å². The van der Waals surface area contributed by atoms with Gasteiger partial charge in [0.05, 0.1) is 17.4 Å². The zero-order valence-corrected chi connectivity index (χ0v) is 16.1. The number of amides is 2. The molecule has 0 radical (unpaired) electrons. The Morgan fingerprint density at radius 3 is 2.44 bits per heavy atom. The second-order valence-corrected chi connectivity index (χ2v) is 7.47. The van der Waals surface area contributed by atoms with Gasteiger partial charge < -0.3 is 5.32 Å². The van der Waals surface area contributed by atoms with Crippen LogP contribution >= 0.6 is 0 Å². The Kier molecular flexibility index (Phi) is 5.91. The number of anilines is 2. The quantitative estimate of drug-likeness (QED) is 0.820. The van der Waals surface area contributed by atoms with Crippen LogP contribution < -0.4 is 15.5 Å². The lowest BCUT2D eigenvalue weighted by Crippen LogP contribution is -2.50. The molecule has 0 saturated carbocycles. The summed E-state index contributed by atoms with van der Waals surface area (Å²) >= 11 is 0. The highest BCUT2D eigenvalue weighted by atomic mass is 16.2. The van der Waals surface area contributed by atoms with E-state index in [1.165, 1.54) is 5.56 Å². The molecule has 5 nitrogen and oxygen atoms in total. The van der Waals surface area contributed by atoms with Crippen LogP contribution in [0.15, 0.2) is 54.6 Å². The topological polar surface area (TPSA) is 61.4 Å². The second kappa shape index (κ2) is 8.35. The van der Waals surface area contributed by atoms with Crippen LogP contribution in [0.5, 0.6) is 0 Å². The van der Waals surface area contributed by atoms with Crippen molar-refractivity contribution >= 4 is 23.2 Å². The van der Waals surface area contributed by atoms with Crippen molar-refractivity contribution in [3.8, 4) is 0 Å². The molecule has 0 saturated heterocycles. The Bertz CT molecular complexity index is 804. The van der Waals surface area contributed by atoms with Gasteiger partial charge in [-0.15, -0.1) is 0 Å². The summed E-state index contributed by atoms with van der Waals surface area (Å²) in [6.07, 6.45) is 0.929. The first-order valence-electron chi connectivity index (χ1n) is 9.47. The molecule has 2 aromatic rings. The van der Waals surface area contributed by atoms with Crippen molar-refractivity contribution in [3.63, 3.8) is 0 Å². The van der Waals surface area contributed by atoms with Crippen LogP contribution in [0.2, 0.25) is 0 Å². The lowest BCUT2D eigenvalue weighted by molar-refractivity contribution is -0.123. The van der Waals surface area contributed by atoms with Crippen LogP contribution in [0.3, 0.4) is 0 Å². The molecule has 2 aromatic carbocycles. The van der Waals surface area contributed by atoms with Gasteiger partial charge in [-0.05, 0) is 37.0 Å². The first-order valence-corrected chi connectivity index (χ1v) is 9.47. The van der Waals surface area contributed by atoms with Crippen LogP contribution in [0.4, 0.5) is 11.4 Å². The van der Waals surface area contributed by atoms with Crippen molar-refractivity contribution in [2.75, 3.05) is 16.8 Å². The molecule has 2 N–H and O–H groups in total. The predicted molar refractivity (Wildman–Crippen MR) is 109 cm³/mol. The summed E-state index contributed by atoms with van der Waals surface area (Å²) in [4.78, 5) is 26.7. The van der Waals surface area contributed by atoms with E-state index in [1.807, 2.05) is 49.4 Å². The van der Waals surface area contributed by atoms with E-state index >= 15 is 0 Å². The predicted octanol–water partition coefficient (Wildman–Crippen LogP) is 3.74. The van der Waals surface area contributed by atoms with Gasteiger partial charge in [0.2, 0.25) is 11.8 Å². The third kappa shape index (κ3) is 4.55. The van der Waals surface area contributed by atoms with Gasteiger partial charge >= 0.3 is 0 Å². The number of fused-ring (bicyclic) bond motifs is 1. The average molecular weight is 365 g/mol. The number of benzene rings is 2. The highest BCUT2D eigenvalue weighted by Crippen LogP contribution is 2.30. The second-order valence-electron chi connectivity index (χ2n) is 7.47. The number of rotatable bonds is 6. The van der Waals surface area contributed by atoms with E-state index in [1.54, 1.807) is 4.90 Å². The number of carbonyl (C=O) groups is 2. The molecule has 5 heteroatoms. The molecule has 1 heterocycles. The van der Waals surface area contributed by atoms with Gasteiger partial charge in [0, 0.05) is 6.04 Å². The number of hydrogen-bond donors (Lipinski definition) is 2. The van der Waals surface area contributed by atoms with Gasteiger partial charge in [-0.25, -0.2) is 0 Å². The Balaban J connectivity index is 1.79. The lowest BCUT2D eigenvalue weighted by atomic mass is 9.96. The van der Waals surface area contributed by atoms with E-state index in [2.05, 4.69) is 36.6 Å². The molecular formula is C22H27N3O2. The van der Waals surface area contributed by atoms with Gasteiger partial charge in [0.25, 0.3) is 0 Å². The summed E-state index contributed by atoms with van der Waals surface area (Å²) in [6, 6.07) is 17.3. The zero-order valence-electron chi connectivity index (χ0n) is 16.1. The van der Waals surface area contributed by atoms with Gasteiger partial charge in [-0.2, -0.15) is 0 Å². The fourth-order valence-electron chi connectivity index (χ4n) is 3.49. The average Bonchev–Trinajstić information content (AvgIpc) is 2.66. The molecule has 3 rings (SSSR count). The largest absolute Gasteiger partial charge is 0.323 e.